The number of nitrogens with zero attached hydrogens (tertiary/aromatic N) is 1. The van der Waals surface area contributed by atoms with Gasteiger partial charge in [0.25, 0.3) is 5.91 Å². The minimum Gasteiger partial charge on any atom is -0.486 e. The smallest absolute Gasteiger partial charge is 0.251 e. The Kier molecular flexibility index (Phi) is 4.61. The minimum absolute atomic E-state index is 0.0453. The number of rotatable bonds is 3. The second-order valence-corrected chi connectivity index (χ2v) is 6.82. The Balaban J connectivity index is 1.37. The van der Waals surface area contributed by atoms with Crippen molar-refractivity contribution in [2.45, 2.75) is 31.8 Å². The molecule has 1 amide bonds. The van der Waals surface area contributed by atoms with Crippen molar-refractivity contribution in [2.75, 3.05) is 32.9 Å². The van der Waals surface area contributed by atoms with E-state index in [-0.39, 0.29) is 23.7 Å². The van der Waals surface area contributed by atoms with Crippen LogP contribution in [-0.4, -0.2) is 55.6 Å². The van der Waals surface area contributed by atoms with Gasteiger partial charge in [0.05, 0.1) is 0 Å². The summed E-state index contributed by atoms with van der Waals surface area (Å²) < 4.78 is 16.5. The Bertz CT molecular complexity index is 660. The van der Waals surface area contributed by atoms with Crippen LogP contribution in [0.5, 0.6) is 11.5 Å². The SMILES string of the molecule is O=C(c1ccc2c(c1)OCCO2)C1CCN(C(=O)[C@@H]2CCCO2)CC1. The van der Waals surface area contributed by atoms with Crippen molar-refractivity contribution < 1.29 is 23.8 Å². The van der Waals surface area contributed by atoms with E-state index in [2.05, 4.69) is 0 Å². The summed E-state index contributed by atoms with van der Waals surface area (Å²) >= 11 is 0. The molecule has 0 unspecified atom stereocenters. The van der Waals surface area contributed by atoms with Gasteiger partial charge in [0.15, 0.2) is 17.3 Å². The zero-order chi connectivity index (χ0) is 17.2. The summed E-state index contributed by atoms with van der Waals surface area (Å²) in [5.74, 6) is 1.50. The van der Waals surface area contributed by atoms with Crippen LogP contribution in [0.25, 0.3) is 0 Å². The van der Waals surface area contributed by atoms with Gasteiger partial charge in [0.2, 0.25) is 0 Å². The molecule has 134 valence electrons. The number of carbonyl (C=O) groups excluding carboxylic acids is 2. The Morgan fingerprint density at radius 2 is 1.72 bits per heavy atom. The summed E-state index contributed by atoms with van der Waals surface area (Å²) in [5.41, 5.74) is 0.660. The van der Waals surface area contributed by atoms with Gasteiger partial charge in [-0.25, -0.2) is 0 Å². The molecule has 6 heteroatoms. The number of ether oxygens (including phenoxy) is 3. The van der Waals surface area contributed by atoms with Crippen molar-refractivity contribution in [3.8, 4) is 11.5 Å². The van der Waals surface area contributed by atoms with Crippen LogP contribution in [0.15, 0.2) is 18.2 Å². The number of benzene rings is 1. The predicted octanol–water partition coefficient (Wildman–Crippen LogP) is 2.06. The maximum absolute atomic E-state index is 12.8. The highest BCUT2D eigenvalue weighted by molar-refractivity contribution is 5.98. The third kappa shape index (κ3) is 3.35. The fourth-order valence-electron chi connectivity index (χ4n) is 3.77. The molecular weight excluding hydrogens is 322 g/mol. The van der Waals surface area contributed by atoms with Crippen molar-refractivity contribution in [2.24, 2.45) is 5.92 Å². The molecule has 1 aromatic rings. The summed E-state index contributed by atoms with van der Waals surface area (Å²) in [6.45, 7) is 2.97. The van der Waals surface area contributed by atoms with E-state index >= 15 is 0 Å². The number of Topliss-reactive ketones (excluding diaryl/α,β-unsaturated/α-hetero) is 1. The summed E-state index contributed by atoms with van der Waals surface area (Å²) in [6.07, 6.45) is 2.90. The number of ketones is 1. The highest BCUT2D eigenvalue weighted by Gasteiger charge is 2.33. The molecule has 0 saturated carbocycles. The molecule has 1 aromatic carbocycles. The lowest BCUT2D eigenvalue weighted by Crippen LogP contribution is -2.44. The fraction of sp³-hybridized carbons (Fsp3) is 0.579. The van der Waals surface area contributed by atoms with Gasteiger partial charge in [0.1, 0.15) is 19.3 Å². The van der Waals surface area contributed by atoms with Crippen LogP contribution in [-0.2, 0) is 9.53 Å². The standard InChI is InChI=1S/C19H23NO5/c21-18(14-3-4-15-17(12-14)25-11-10-24-15)13-5-7-20(8-6-13)19(22)16-2-1-9-23-16/h3-4,12-13,16H,1-2,5-11H2/t16-/m0/s1. The van der Waals surface area contributed by atoms with E-state index in [1.165, 1.54) is 0 Å². The number of amides is 1. The van der Waals surface area contributed by atoms with Crippen molar-refractivity contribution in [3.63, 3.8) is 0 Å². The Morgan fingerprint density at radius 3 is 2.44 bits per heavy atom. The monoisotopic (exact) mass is 345 g/mol. The van der Waals surface area contributed by atoms with Gasteiger partial charge in [-0.1, -0.05) is 0 Å². The van der Waals surface area contributed by atoms with Crippen LogP contribution in [0.2, 0.25) is 0 Å². The quantitative estimate of drug-likeness (QED) is 0.785. The topological polar surface area (TPSA) is 65.1 Å². The minimum atomic E-state index is -0.273. The molecule has 6 nitrogen and oxygen atoms in total. The molecule has 1 atom stereocenters. The Hall–Kier alpha value is -2.08. The molecule has 4 rings (SSSR count). The van der Waals surface area contributed by atoms with Gasteiger partial charge in [-0.15, -0.1) is 0 Å². The number of likely N-dealkylation sites (tertiary alicyclic amines) is 1. The van der Waals surface area contributed by atoms with Crippen LogP contribution >= 0.6 is 0 Å². The van der Waals surface area contributed by atoms with Gasteiger partial charge < -0.3 is 19.1 Å². The molecule has 0 bridgehead atoms. The lowest BCUT2D eigenvalue weighted by molar-refractivity contribution is -0.142. The van der Waals surface area contributed by atoms with E-state index < -0.39 is 0 Å². The van der Waals surface area contributed by atoms with Gasteiger partial charge in [0, 0.05) is 31.2 Å². The first-order chi connectivity index (χ1) is 12.2. The van der Waals surface area contributed by atoms with Crippen LogP contribution in [0, 0.1) is 5.92 Å². The molecule has 0 aromatic heterocycles. The summed E-state index contributed by atoms with van der Waals surface area (Å²) in [5, 5.41) is 0. The maximum atomic E-state index is 12.8. The lowest BCUT2D eigenvalue weighted by atomic mass is 9.88. The lowest BCUT2D eigenvalue weighted by Gasteiger charge is -2.32. The van der Waals surface area contributed by atoms with E-state index in [4.69, 9.17) is 14.2 Å². The highest BCUT2D eigenvalue weighted by Crippen LogP contribution is 2.32. The summed E-state index contributed by atoms with van der Waals surface area (Å²) in [4.78, 5) is 27.0. The molecule has 2 fully saturated rings. The van der Waals surface area contributed by atoms with Crippen LogP contribution in [0.1, 0.15) is 36.0 Å². The zero-order valence-corrected chi connectivity index (χ0v) is 14.2. The third-order valence-corrected chi connectivity index (χ3v) is 5.21. The molecular formula is C19H23NO5. The van der Waals surface area contributed by atoms with E-state index in [1.807, 2.05) is 4.90 Å². The molecule has 0 N–H and O–H groups in total. The maximum Gasteiger partial charge on any atom is 0.251 e. The Labute approximate surface area is 147 Å². The fourth-order valence-corrected chi connectivity index (χ4v) is 3.77. The van der Waals surface area contributed by atoms with Gasteiger partial charge in [-0.2, -0.15) is 0 Å². The second kappa shape index (κ2) is 7.04. The molecule has 3 aliphatic rings. The van der Waals surface area contributed by atoms with Gasteiger partial charge in [-0.05, 0) is 43.9 Å². The van der Waals surface area contributed by atoms with Crippen LogP contribution < -0.4 is 9.47 Å². The van der Waals surface area contributed by atoms with Gasteiger partial charge in [-0.3, -0.25) is 9.59 Å². The first-order valence-corrected chi connectivity index (χ1v) is 9.06. The molecule has 25 heavy (non-hydrogen) atoms. The number of hydrogen-bond donors (Lipinski definition) is 0. The van der Waals surface area contributed by atoms with E-state index in [0.717, 1.165) is 12.8 Å². The number of hydrogen-bond acceptors (Lipinski definition) is 5. The van der Waals surface area contributed by atoms with E-state index in [9.17, 15) is 9.59 Å². The normalized spacial score (nSPS) is 23.5. The molecule has 3 aliphatic heterocycles. The average molecular weight is 345 g/mol. The first-order valence-electron chi connectivity index (χ1n) is 9.06. The van der Waals surface area contributed by atoms with Crippen molar-refractivity contribution >= 4 is 11.7 Å². The third-order valence-electron chi connectivity index (χ3n) is 5.21. The average Bonchev–Trinajstić information content (AvgIpc) is 3.21. The largest absolute Gasteiger partial charge is 0.486 e. The molecule has 0 radical (unpaired) electrons. The second-order valence-electron chi connectivity index (χ2n) is 6.82. The molecule has 2 saturated heterocycles. The Morgan fingerprint density at radius 1 is 0.960 bits per heavy atom. The van der Waals surface area contributed by atoms with E-state index in [0.29, 0.717) is 62.8 Å². The zero-order valence-electron chi connectivity index (χ0n) is 14.2. The van der Waals surface area contributed by atoms with Gasteiger partial charge >= 0.3 is 0 Å². The molecule has 3 heterocycles. The first kappa shape index (κ1) is 16.4. The predicted molar refractivity (Wildman–Crippen MR) is 90.0 cm³/mol. The summed E-state index contributed by atoms with van der Waals surface area (Å²) in [6, 6.07) is 5.39. The molecule has 0 spiro atoms. The highest BCUT2D eigenvalue weighted by atomic mass is 16.6. The van der Waals surface area contributed by atoms with Crippen molar-refractivity contribution in [1.82, 2.24) is 4.90 Å². The number of carbonyl (C=O) groups is 2. The summed E-state index contributed by atoms with van der Waals surface area (Å²) in [7, 11) is 0. The molecule has 0 aliphatic carbocycles. The van der Waals surface area contributed by atoms with Crippen molar-refractivity contribution in [1.29, 1.82) is 0 Å². The van der Waals surface area contributed by atoms with Crippen LogP contribution in [0.4, 0.5) is 0 Å². The van der Waals surface area contributed by atoms with Crippen molar-refractivity contribution in [3.05, 3.63) is 23.8 Å². The van der Waals surface area contributed by atoms with E-state index in [1.54, 1.807) is 18.2 Å². The van der Waals surface area contributed by atoms with Crippen LogP contribution in [0.3, 0.4) is 0 Å². The number of piperidine rings is 1. The number of fused-ring (bicyclic) bond motifs is 1.